The molecule has 1 aliphatic rings. The van der Waals surface area contributed by atoms with Crippen molar-refractivity contribution in [3.8, 4) is 0 Å². The van der Waals surface area contributed by atoms with E-state index in [-0.39, 0.29) is 35.2 Å². The molecule has 134 valence electrons. The van der Waals surface area contributed by atoms with Crippen LogP contribution in [0.4, 0.5) is 4.39 Å². The van der Waals surface area contributed by atoms with Crippen LogP contribution in [0.5, 0.6) is 0 Å². The predicted molar refractivity (Wildman–Crippen MR) is 97.2 cm³/mol. The molecule has 1 fully saturated rings. The molecule has 0 N–H and O–H groups in total. The van der Waals surface area contributed by atoms with Gasteiger partial charge in [0.2, 0.25) is 5.91 Å². The molecule has 0 aliphatic carbocycles. The molecule has 1 saturated heterocycles. The van der Waals surface area contributed by atoms with Crippen LogP contribution in [0.2, 0.25) is 5.02 Å². The van der Waals surface area contributed by atoms with Gasteiger partial charge >= 0.3 is 0 Å². The zero-order valence-corrected chi connectivity index (χ0v) is 15.7. The number of hydrogen-bond acceptors (Lipinski definition) is 4. The number of thiophene rings is 1. The van der Waals surface area contributed by atoms with E-state index in [0.717, 1.165) is 4.88 Å². The topological polar surface area (TPSA) is 54.5 Å². The number of halogens is 2. The van der Waals surface area contributed by atoms with E-state index in [1.165, 1.54) is 34.4 Å². The quantitative estimate of drug-likeness (QED) is 0.791. The molecule has 0 spiro atoms. The number of carbonyl (C=O) groups is 1. The molecule has 0 radical (unpaired) electrons. The lowest BCUT2D eigenvalue weighted by molar-refractivity contribution is -0.130. The summed E-state index contributed by atoms with van der Waals surface area (Å²) in [6, 6.07) is 7.91. The first-order valence-electron chi connectivity index (χ1n) is 7.84. The lowest BCUT2D eigenvalue weighted by Gasteiger charge is -2.20. The van der Waals surface area contributed by atoms with Crippen LogP contribution in [-0.4, -0.2) is 38.1 Å². The number of rotatable bonds is 3. The minimum Gasteiger partial charge on any atom is -0.341 e. The van der Waals surface area contributed by atoms with Crippen LogP contribution in [0, 0.1) is 5.82 Å². The first-order valence-corrected chi connectivity index (χ1v) is 10.8. The fourth-order valence-corrected chi connectivity index (χ4v) is 6.19. The Morgan fingerprint density at radius 3 is 2.76 bits per heavy atom. The lowest BCUT2D eigenvalue weighted by Crippen LogP contribution is -2.35. The Morgan fingerprint density at radius 1 is 1.28 bits per heavy atom. The maximum atomic E-state index is 13.9. The second-order valence-electron chi connectivity index (χ2n) is 5.92. The van der Waals surface area contributed by atoms with Gasteiger partial charge in [-0.2, -0.15) is 0 Å². The Bertz CT molecular complexity index is 848. The fourth-order valence-electron chi connectivity index (χ4n) is 2.95. The average molecular weight is 402 g/mol. The smallest absolute Gasteiger partial charge is 0.227 e. The Labute approximate surface area is 155 Å². The van der Waals surface area contributed by atoms with Crippen molar-refractivity contribution in [3.63, 3.8) is 0 Å². The monoisotopic (exact) mass is 401 g/mol. The van der Waals surface area contributed by atoms with E-state index in [4.69, 9.17) is 11.6 Å². The third-order valence-electron chi connectivity index (χ3n) is 4.34. The van der Waals surface area contributed by atoms with Gasteiger partial charge in [0.15, 0.2) is 9.84 Å². The molecule has 25 heavy (non-hydrogen) atoms. The van der Waals surface area contributed by atoms with Gasteiger partial charge in [-0.25, -0.2) is 12.8 Å². The van der Waals surface area contributed by atoms with Gasteiger partial charge in [0.25, 0.3) is 0 Å². The molecule has 0 bridgehead atoms. The largest absolute Gasteiger partial charge is 0.341 e. The van der Waals surface area contributed by atoms with Gasteiger partial charge in [-0.05, 0) is 30.0 Å². The van der Waals surface area contributed by atoms with Crippen molar-refractivity contribution in [1.82, 2.24) is 4.90 Å². The summed E-state index contributed by atoms with van der Waals surface area (Å²) in [7, 11) is -3.32. The summed E-state index contributed by atoms with van der Waals surface area (Å²) in [5, 5.41) is 1.47. The summed E-state index contributed by atoms with van der Waals surface area (Å²) in [5.41, 5.74) is 0.149. The molecular weight excluding hydrogens is 385 g/mol. The number of benzene rings is 1. The molecule has 8 heteroatoms. The molecule has 1 aromatic heterocycles. The number of nitrogens with zero attached hydrogens (tertiary/aromatic N) is 1. The van der Waals surface area contributed by atoms with Crippen molar-refractivity contribution in [2.45, 2.75) is 18.1 Å². The highest BCUT2D eigenvalue weighted by molar-refractivity contribution is 7.91. The second kappa shape index (κ2) is 7.43. The van der Waals surface area contributed by atoms with Crippen LogP contribution in [0.15, 0.2) is 35.7 Å². The third-order valence-corrected chi connectivity index (χ3v) is 7.94. The molecule has 1 atom stereocenters. The Balaban J connectivity index is 1.75. The highest BCUT2D eigenvalue weighted by Crippen LogP contribution is 2.32. The maximum Gasteiger partial charge on any atom is 0.227 e. The molecule has 2 heterocycles. The van der Waals surface area contributed by atoms with E-state index >= 15 is 0 Å². The highest BCUT2D eigenvalue weighted by Gasteiger charge is 2.33. The highest BCUT2D eigenvalue weighted by atomic mass is 35.5. The van der Waals surface area contributed by atoms with Crippen molar-refractivity contribution >= 4 is 38.7 Å². The Morgan fingerprint density at radius 2 is 2.08 bits per heavy atom. The van der Waals surface area contributed by atoms with E-state index in [0.29, 0.717) is 13.0 Å². The fraction of sp³-hybridized carbons (Fsp3) is 0.353. The molecular formula is C17H17ClFNO3S2. The van der Waals surface area contributed by atoms with Crippen LogP contribution < -0.4 is 0 Å². The standard InChI is InChI=1S/C17H17ClFNO3S2/c18-13-3-1-4-14(19)12(13)11-17(21)20-7-6-16(15-5-2-9-24-15)25(22,23)10-8-20/h1-5,9,16H,6-8,10-11H2. The summed E-state index contributed by atoms with van der Waals surface area (Å²) < 4.78 is 38.9. The summed E-state index contributed by atoms with van der Waals surface area (Å²) in [4.78, 5) is 14.8. The predicted octanol–water partition coefficient (Wildman–Crippen LogP) is 3.47. The first-order chi connectivity index (χ1) is 11.9. The van der Waals surface area contributed by atoms with Crippen LogP contribution in [-0.2, 0) is 21.1 Å². The molecule has 2 aromatic rings. The summed E-state index contributed by atoms with van der Waals surface area (Å²) in [6.07, 6.45) is 0.175. The van der Waals surface area contributed by atoms with E-state index in [1.54, 1.807) is 0 Å². The van der Waals surface area contributed by atoms with Crippen LogP contribution >= 0.6 is 22.9 Å². The van der Waals surface area contributed by atoms with Gasteiger partial charge in [0.1, 0.15) is 5.82 Å². The van der Waals surface area contributed by atoms with E-state index in [1.807, 2.05) is 17.5 Å². The molecule has 1 unspecified atom stereocenters. The Kier molecular flexibility index (Phi) is 5.46. The summed E-state index contributed by atoms with van der Waals surface area (Å²) in [5.74, 6) is -0.930. The Hall–Kier alpha value is -1.44. The minimum atomic E-state index is -3.32. The van der Waals surface area contributed by atoms with Gasteiger partial charge in [-0.1, -0.05) is 23.7 Å². The molecule has 1 aromatic carbocycles. The number of amides is 1. The first kappa shape index (κ1) is 18.4. The minimum absolute atomic E-state index is 0.0910. The van der Waals surface area contributed by atoms with E-state index in [9.17, 15) is 17.6 Å². The average Bonchev–Trinajstić information content (AvgIpc) is 3.02. The maximum absolute atomic E-state index is 13.9. The van der Waals surface area contributed by atoms with Crippen molar-refractivity contribution in [2.24, 2.45) is 0 Å². The third kappa shape index (κ3) is 4.04. The molecule has 0 saturated carbocycles. The molecule has 3 rings (SSSR count). The van der Waals surface area contributed by atoms with E-state index < -0.39 is 20.9 Å². The second-order valence-corrected chi connectivity index (χ2v) is 9.61. The van der Waals surface area contributed by atoms with Gasteiger partial charge in [-0.3, -0.25) is 4.79 Å². The van der Waals surface area contributed by atoms with Gasteiger partial charge in [0.05, 0.1) is 17.4 Å². The van der Waals surface area contributed by atoms with Crippen molar-refractivity contribution in [1.29, 1.82) is 0 Å². The lowest BCUT2D eigenvalue weighted by atomic mass is 10.1. The normalized spacial score (nSPS) is 20.2. The summed E-state index contributed by atoms with van der Waals surface area (Å²) >= 11 is 7.38. The zero-order chi connectivity index (χ0) is 18.0. The SMILES string of the molecule is O=C(Cc1c(F)cccc1Cl)N1CCC(c2cccs2)S(=O)(=O)CC1. The van der Waals surface area contributed by atoms with Gasteiger partial charge in [-0.15, -0.1) is 11.3 Å². The van der Waals surface area contributed by atoms with Crippen LogP contribution in [0.3, 0.4) is 0 Å². The number of sulfone groups is 1. The van der Waals surface area contributed by atoms with Gasteiger partial charge < -0.3 is 4.90 Å². The van der Waals surface area contributed by atoms with Crippen LogP contribution in [0.1, 0.15) is 22.1 Å². The molecule has 4 nitrogen and oxygen atoms in total. The van der Waals surface area contributed by atoms with E-state index in [2.05, 4.69) is 0 Å². The molecule has 1 aliphatic heterocycles. The van der Waals surface area contributed by atoms with Crippen molar-refractivity contribution in [3.05, 3.63) is 57.0 Å². The zero-order valence-electron chi connectivity index (χ0n) is 13.3. The van der Waals surface area contributed by atoms with Crippen molar-refractivity contribution < 1.29 is 17.6 Å². The van der Waals surface area contributed by atoms with Crippen molar-refractivity contribution in [2.75, 3.05) is 18.8 Å². The van der Waals surface area contributed by atoms with Gasteiger partial charge in [0, 0.05) is 28.6 Å². The summed E-state index contributed by atoms with van der Waals surface area (Å²) in [6.45, 7) is 0.446. The number of carbonyl (C=O) groups excluding carboxylic acids is 1. The number of hydrogen-bond donors (Lipinski definition) is 0. The molecule has 1 amide bonds. The van der Waals surface area contributed by atoms with Crippen LogP contribution in [0.25, 0.3) is 0 Å².